The van der Waals surface area contributed by atoms with Gasteiger partial charge in [0, 0.05) is 5.56 Å². The first-order valence-corrected chi connectivity index (χ1v) is 5.37. The Hall–Kier alpha value is -2.46. The quantitative estimate of drug-likeness (QED) is 0.574. The normalized spacial score (nSPS) is 10.5. The van der Waals surface area contributed by atoms with Gasteiger partial charge in [-0.15, -0.1) is 0 Å². The molecule has 0 aliphatic heterocycles. The Balaban J connectivity index is 2.15. The summed E-state index contributed by atoms with van der Waals surface area (Å²) in [7, 11) is 0. The van der Waals surface area contributed by atoms with E-state index in [1.54, 1.807) is 6.08 Å². The number of aliphatic hydroxyl groups is 1. The third-order valence-electron chi connectivity index (χ3n) is 2.21. The van der Waals surface area contributed by atoms with E-state index in [1.165, 1.54) is 0 Å². The molecule has 0 heterocycles. The zero-order chi connectivity index (χ0) is 11.9. The van der Waals surface area contributed by atoms with Crippen molar-refractivity contribution >= 4 is 6.08 Å². The molecule has 0 bridgehead atoms. The molecule has 0 aliphatic carbocycles. The minimum Gasteiger partial charge on any atom is -0.501 e. The molecule has 0 aromatic heterocycles. The zero-order valence-corrected chi connectivity index (χ0v) is 9.30. The molecule has 2 rings (SSSR count). The first-order valence-electron chi connectivity index (χ1n) is 5.37. The predicted octanol–water partition coefficient (Wildman–Crippen LogP) is 3.64. The molecule has 17 heavy (non-hydrogen) atoms. The van der Waals surface area contributed by atoms with E-state index in [-0.39, 0.29) is 5.76 Å². The Kier molecular flexibility index (Phi) is 3.62. The SMILES string of the molecule is O/C(C#Cc1ccccc1)=C/c1ccccc1. The molecule has 0 saturated carbocycles. The van der Waals surface area contributed by atoms with Gasteiger partial charge < -0.3 is 5.11 Å². The Morgan fingerprint density at radius 1 is 0.882 bits per heavy atom. The molecule has 0 saturated heterocycles. The molecular formula is C16H12O. The Labute approximate surface area is 101 Å². The Morgan fingerprint density at radius 2 is 1.47 bits per heavy atom. The molecule has 0 spiro atoms. The van der Waals surface area contributed by atoms with E-state index in [1.807, 2.05) is 60.7 Å². The van der Waals surface area contributed by atoms with Crippen molar-refractivity contribution in [1.82, 2.24) is 0 Å². The Bertz CT molecular complexity index is 557. The number of hydrogen-bond acceptors (Lipinski definition) is 1. The molecule has 82 valence electrons. The maximum Gasteiger partial charge on any atom is 0.168 e. The summed E-state index contributed by atoms with van der Waals surface area (Å²) in [6.07, 6.45) is 1.65. The fourth-order valence-electron chi connectivity index (χ4n) is 1.40. The molecule has 0 aliphatic rings. The van der Waals surface area contributed by atoms with Crippen molar-refractivity contribution in [2.24, 2.45) is 0 Å². The summed E-state index contributed by atoms with van der Waals surface area (Å²) < 4.78 is 0. The minimum atomic E-state index is 0.0695. The van der Waals surface area contributed by atoms with Crippen LogP contribution in [0, 0.1) is 11.8 Å². The molecule has 0 unspecified atom stereocenters. The number of rotatable bonds is 1. The van der Waals surface area contributed by atoms with Crippen LogP contribution < -0.4 is 0 Å². The van der Waals surface area contributed by atoms with Crippen molar-refractivity contribution in [3.05, 3.63) is 77.5 Å². The highest BCUT2D eigenvalue weighted by Crippen LogP contribution is 2.04. The highest BCUT2D eigenvalue weighted by Gasteiger charge is 1.89. The van der Waals surface area contributed by atoms with Crippen LogP contribution in [0.3, 0.4) is 0 Å². The summed E-state index contributed by atoms with van der Waals surface area (Å²) in [5.74, 6) is 5.68. The first kappa shape index (κ1) is 11.0. The summed E-state index contributed by atoms with van der Waals surface area (Å²) >= 11 is 0. The molecule has 0 fully saturated rings. The van der Waals surface area contributed by atoms with Gasteiger partial charge in [0.05, 0.1) is 0 Å². The van der Waals surface area contributed by atoms with Gasteiger partial charge in [0.1, 0.15) is 0 Å². The van der Waals surface area contributed by atoms with Crippen LogP contribution in [0.2, 0.25) is 0 Å². The predicted molar refractivity (Wildman–Crippen MR) is 70.4 cm³/mol. The topological polar surface area (TPSA) is 20.2 Å². The second kappa shape index (κ2) is 5.58. The number of benzene rings is 2. The summed E-state index contributed by atoms with van der Waals surface area (Å²) in [4.78, 5) is 0. The van der Waals surface area contributed by atoms with Gasteiger partial charge in [0.2, 0.25) is 0 Å². The van der Waals surface area contributed by atoms with Crippen LogP contribution in [-0.2, 0) is 0 Å². The van der Waals surface area contributed by atoms with Gasteiger partial charge >= 0.3 is 0 Å². The third kappa shape index (κ3) is 3.55. The highest BCUT2D eigenvalue weighted by molar-refractivity contribution is 5.56. The van der Waals surface area contributed by atoms with Gasteiger partial charge in [0.25, 0.3) is 0 Å². The van der Waals surface area contributed by atoms with Gasteiger partial charge in [-0.1, -0.05) is 54.5 Å². The number of aliphatic hydroxyl groups excluding tert-OH is 1. The standard InChI is InChI=1S/C16H12O/c17-16(13-15-9-5-2-6-10-15)12-11-14-7-3-1-4-8-14/h1-10,13,17H/b16-13+. The molecule has 1 N–H and O–H groups in total. The fraction of sp³-hybridized carbons (Fsp3) is 0. The van der Waals surface area contributed by atoms with Gasteiger partial charge in [-0.3, -0.25) is 0 Å². The van der Waals surface area contributed by atoms with Crippen LogP contribution in [0.25, 0.3) is 6.08 Å². The van der Waals surface area contributed by atoms with Gasteiger partial charge in [-0.2, -0.15) is 0 Å². The monoisotopic (exact) mass is 220 g/mol. The van der Waals surface area contributed by atoms with Crippen LogP contribution in [-0.4, -0.2) is 5.11 Å². The molecule has 2 aromatic carbocycles. The first-order chi connectivity index (χ1) is 8.34. The third-order valence-corrected chi connectivity index (χ3v) is 2.21. The van der Waals surface area contributed by atoms with Crippen molar-refractivity contribution in [2.45, 2.75) is 0 Å². The van der Waals surface area contributed by atoms with Crippen molar-refractivity contribution in [1.29, 1.82) is 0 Å². The summed E-state index contributed by atoms with van der Waals surface area (Å²) in [6, 6.07) is 19.2. The summed E-state index contributed by atoms with van der Waals surface area (Å²) in [5.41, 5.74) is 1.83. The van der Waals surface area contributed by atoms with E-state index in [2.05, 4.69) is 11.8 Å². The lowest BCUT2D eigenvalue weighted by molar-refractivity contribution is 0.443. The Morgan fingerprint density at radius 3 is 2.12 bits per heavy atom. The van der Waals surface area contributed by atoms with Crippen LogP contribution >= 0.6 is 0 Å². The van der Waals surface area contributed by atoms with Crippen molar-refractivity contribution in [3.63, 3.8) is 0 Å². The van der Waals surface area contributed by atoms with E-state index in [0.717, 1.165) is 11.1 Å². The zero-order valence-electron chi connectivity index (χ0n) is 9.30. The van der Waals surface area contributed by atoms with Crippen molar-refractivity contribution < 1.29 is 5.11 Å². The van der Waals surface area contributed by atoms with E-state index >= 15 is 0 Å². The van der Waals surface area contributed by atoms with Crippen LogP contribution in [0.4, 0.5) is 0 Å². The second-order valence-electron chi connectivity index (χ2n) is 3.56. The molecule has 0 radical (unpaired) electrons. The van der Waals surface area contributed by atoms with E-state index in [9.17, 15) is 5.11 Å². The maximum atomic E-state index is 9.65. The number of allylic oxidation sites excluding steroid dienone is 1. The average Bonchev–Trinajstić information content (AvgIpc) is 2.39. The van der Waals surface area contributed by atoms with Crippen LogP contribution in [0.1, 0.15) is 11.1 Å². The molecule has 1 nitrogen and oxygen atoms in total. The van der Waals surface area contributed by atoms with Gasteiger partial charge in [0.15, 0.2) is 5.76 Å². The second-order valence-corrected chi connectivity index (χ2v) is 3.56. The summed E-state index contributed by atoms with van der Waals surface area (Å²) in [6.45, 7) is 0. The van der Waals surface area contributed by atoms with Gasteiger partial charge in [-0.25, -0.2) is 0 Å². The number of hydrogen-bond donors (Lipinski definition) is 1. The lowest BCUT2D eigenvalue weighted by Gasteiger charge is -1.91. The largest absolute Gasteiger partial charge is 0.501 e. The molecule has 0 amide bonds. The van der Waals surface area contributed by atoms with E-state index < -0.39 is 0 Å². The van der Waals surface area contributed by atoms with Crippen molar-refractivity contribution in [3.8, 4) is 11.8 Å². The molecule has 0 atom stereocenters. The summed E-state index contributed by atoms with van der Waals surface area (Å²) in [5, 5.41) is 9.65. The molecular weight excluding hydrogens is 208 g/mol. The van der Waals surface area contributed by atoms with Gasteiger partial charge in [-0.05, 0) is 29.7 Å². The van der Waals surface area contributed by atoms with Crippen LogP contribution in [0.15, 0.2) is 66.4 Å². The van der Waals surface area contributed by atoms with Crippen LogP contribution in [0.5, 0.6) is 0 Å². The fourth-order valence-corrected chi connectivity index (χ4v) is 1.40. The average molecular weight is 220 g/mol. The van der Waals surface area contributed by atoms with Crippen molar-refractivity contribution in [2.75, 3.05) is 0 Å². The lowest BCUT2D eigenvalue weighted by atomic mass is 10.2. The van der Waals surface area contributed by atoms with E-state index in [4.69, 9.17) is 0 Å². The molecule has 2 aromatic rings. The lowest BCUT2D eigenvalue weighted by Crippen LogP contribution is -1.77. The smallest absolute Gasteiger partial charge is 0.168 e. The maximum absolute atomic E-state index is 9.65. The highest BCUT2D eigenvalue weighted by atomic mass is 16.3. The molecule has 1 heteroatoms. The van der Waals surface area contributed by atoms with E-state index in [0.29, 0.717) is 0 Å². The minimum absolute atomic E-state index is 0.0695.